The first-order valence-corrected chi connectivity index (χ1v) is 15.5. The van der Waals surface area contributed by atoms with E-state index in [1.54, 1.807) is 10.9 Å². The molecule has 3 heterocycles. The number of nitrogens with one attached hydrogen (secondary N) is 3. The second kappa shape index (κ2) is 11.7. The fourth-order valence-corrected chi connectivity index (χ4v) is 5.15. The number of carbonyl (C=O) groups excluding carboxylic acids is 1. The number of fused-ring (bicyclic) bond motifs is 1. The summed E-state index contributed by atoms with van der Waals surface area (Å²) in [6.45, 7) is 7.91. The van der Waals surface area contributed by atoms with Gasteiger partial charge in [-0.1, -0.05) is 12.1 Å². The van der Waals surface area contributed by atoms with Crippen LogP contribution >= 0.6 is 0 Å². The largest absolute Gasteiger partial charge is 0.457 e. The van der Waals surface area contributed by atoms with Crippen molar-refractivity contribution < 1.29 is 22.3 Å². The normalized spacial score (nSPS) is 13.7. The maximum atomic E-state index is 15.0. The quantitative estimate of drug-likeness (QED) is 0.248. The predicted octanol–water partition coefficient (Wildman–Crippen LogP) is 5.63. The van der Waals surface area contributed by atoms with Gasteiger partial charge in [0.15, 0.2) is 0 Å². The summed E-state index contributed by atoms with van der Waals surface area (Å²) < 4.78 is 47.6. The van der Waals surface area contributed by atoms with Crippen LogP contribution in [0.25, 0.3) is 11.3 Å². The van der Waals surface area contributed by atoms with E-state index in [2.05, 4.69) is 44.4 Å². The van der Waals surface area contributed by atoms with E-state index < -0.39 is 21.9 Å². The van der Waals surface area contributed by atoms with E-state index >= 15 is 0 Å². The second-order valence-electron chi connectivity index (χ2n) is 11.6. The fourth-order valence-electron chi connectivity index (χ4n) is 4.66. The monoisotopic (exact) mass is 607 g/mol. The molecule has 2 aromatic carbocycles. The summed E-state index contributed by atoms with van der Waals surface area (Å²) in [6.07, 6.45) is 5.07. The molecule has 5 rings (SSSR count). The number of likely N-dealkylation sites (N-methyl/N-ethyl adjacent to an activating group) is 1. The van der Waals surface area contributed by atoms with Crippen LogP contribution in [0.3, 0.4) is 0 Å². The Labute approximate surface area is 250 Å². The SMILES string of the molecule is CN1CCc2cc(-c3nn(C(C)(C)C)cc3NC(=O)Nc3ccc(Oc4ccnc(NS(C)(=O)=O)c4)cc3F)ccc2C1. The van der Waals surface area contributed by atoms with E-state index in [1.807, 2.05) is 26.8 Å². The van der Waals surface area contributed by atoms with Gasteiger partial charge in [0.25, 0.3) is 0 Å². The molecule has 4 aromatic rings. The lowest BCUT2D eigenvalue weighted by molar-refractivity contribution is 0.262. The third-order valence-corrected chi connectivity index (χ3v) is 7.36. The number of benzene rings is 2. The van der Waals surface area contributed by atoms with Crippen molar-refractivity contribution in [3.63, 3.8) is 0 Å². The minimum Gasteiger partial charge on any atom is -0.457 e. The van der Waals surface area contributed by atoms with Gasteiger partial charge < -0.3 is 20.3 Å². The lowest BCUT2D eigenvalue weighted by Gasteiger charge is -2.25. The van der Waals surface area contributed by atoms with Crippen LogP contribution in [-0.2, 0) is 28.5 Å². The molecule has 0 aliphatic carbocycles. The Morgan fingerprint density at radius 2 is 1.74 bits per heavy atom. The number of hydrogen-bond donors (Lipinski definition) is 3. The molecule has 0 unspecified atom stereocenters. The van der Waals surface area contributed by atoms with Gasteiger partial charge in [-0.25, -0.2) is 22.6 Å². The number of carbonyl (C=O) groups is 1. The molecular weight excluding hydrogens is 573 g/mol. The zero-order chi connectivity index (χ0) is 30.9. The first-order valence-electron chi connectivity index (χ1n) is 13.6. The standard InChI is InChI=1S/C30H34FN7O4S/c1-30(2,3)38-18-26(28(35-38)20-6-7-21-17-37(4)13-11-19(21)14-20)34-29(39)33-25-9-8-22(15-24(25)31)42-23-10-12-32-27(16-23)36-43(5,40)41/h6-10,12,14-16,18H,11,13,17H2,1-5H3,(H,32,36)(H2,33,34,39). The van der Waals surface area contributed by atoms with Gasteiger partial charge in [0.2, 0.25) is 10.0 Å². The van der Waals surface area contributed by atoms with Crippen molar-refractivity contribution in [1.29, 1.82) is 0 Å². The summed E-state index contributed by atoms with van der Waals surface area (Å²) in [5.74, 6) is -0.266. The molecule has 0 fully saturated rings. The average molecular weight is 608 g/mol. The van der Waals surface area contributed by atoms with Gasteiger partial charge in [-0.05, 0) is 69.6 Å². The summed E-state index contributed by atoms with van der Waals surface area (Å²) in [5, 5.41) is 10.2. The summed E-state index contributed by atoms with van der Waals surface area (Å²) >= 11 is 0. The van der Waals surface area contributed by atoms with E-state index in [0.29, 0.717) is 11.4 Å². The van der Waals surface area contributed by atoms with Gasteiger partial charge >= 0.3 is 6.03 Å². The Hall–Kier alpha value is -4.49. The number of urea groups is 1. The Morgan fingerprint density at radius 1 is 1.00 bits per heavy atom. The Kier molecular flexibility index (Phi) is 8.12. The van der Waals surface area contributed by atoms with Crippen molar-refractivity contribution in [3.8, 4) is 22.8 Å². The Bertz CT molecular complexity index is 1780. The summed E-state index contributed by atoms with van der Waals surface area (Å²) in [5.41, 5.74) is 4.16. The van der Waals surface area contributed by atoms with Gasteiger partial charge in [-0.2, -0.15) is 5.10 Å². The van der Waals surface area contributed by atoms with Crippen LogP contribution in [0.15, 0.2) is 60.9 Å². The molecule has 2 amide bonds. The smallest absolute Gasteiger partial charge is 0.323 e. The van der Waals surface area contributed by atoms with Crippen LogP contribution < -0.4 is 20.1 Å². The van der Waals surface area contributed by atoms with Crippen molar-refractivity contribution >= 4 is 33.2 Å². The summed E-state index contributed by atoms with van der Waals surface area (Å²) in [7, 11) is -1.42. The van der Waals surface area contributed by atoms with Crippen LogP contribution in [0.1, 0.15) is 31.9 Å². The summed E-state index contributed by atoms with van der Waals surface area (Å²) in [6, 6.07) is 12.5. The zero-order valence-electron chi connectivity index (χ0n) is 24.6. The molecule has 2 aromatic heterocycles. The number of ether oxygens (including phenoxy) is 1. The van der Waals surface area contributed by atoms with E-state index in [1.165, 1.54) is 41.6 Å². The third-order valence-electron chi connectivity index (χ3n) is 6.78. The molecule has 1 aliphatic heterocycles. The molecule has 3 N–H and O–H groups in total. The molecule has 11 nitrogen and oxygen atoms in total. The minimum absolute atomic E-state index is 0.0540. The highest BCUT2D eigenvalue weighted by Gasteiger charge is 2.22. The van der Waals surface area contributed by atoms with Gasteiger partial charge in [-0.3, -0.25) is 9.40 Å². The fraction of sp³-hybridized carbons (Fsp3) is 0.300. The van der Waals surface area contributed by atoms with E-state index in [4.69, 9.17) is 9.84 Å². The van der Waals surface area contributed by atoms with Crippen LogP contribution in [0.5, 0.6) is 11.5 Å². The number of nitrogens with zero attached hydrogens (tertiary/aromatic N) is 4. The molecule has 43 heavy (non-hydrogen) atoms. The number of amides is 2. The van der Waals surface area contributed by atoms with Gasteiger partial charge in [0, 0.05) is 43.2 Å². The first kappa shape index (κ1) is 30.0. The molecular formula is C30H34FN7O4S. The summed E-state index contributed by atoms with van der Waals surface area (Å²) in [4.78, 5) is 19.2. The van der Waals surface area contributed by atoms with Crippen molar-refractivity contribution in [2.45, 2.75) is 39.3 Å². The molecule has 0 atom stereocenters. The second-order valence-corrected chi connectivity index (χ2v) is 13.3. The number of sulfonamides is 1. The number of halogens is 1. The third kappa shape index (κ3) is 7.48. The molecule has 13 heteroatoms. The van der Waals surface area contributed by atoms with Crippen LogP contribution in [0.2, 0.25) is 0 Å². The number of anilines is 3. The number of pyridine rings is 1. The van der Waals surface area contributed by atoms with E-state index in [0.717, 1.165) is 37.4 Å². The lowest BCUT2D eigenvalue weighted by Crippen LogP contribution is -2.26. The van der Waals surface area contributed by atoms with Crippen molar-refractivity contribution in [2.24, 2.45) is 0 Å². The highest BCUT2D eigenvalue weighted by atomic mass is 32.2. The lowest BCUT2D eigenvalue weighted by atomic mass is 9.96. The van der Waals surface area contributed by atoms with Gasteiger partial charge in [0.1, 0.15) is 28.8 Å². The number of aromatic nitrogens is 3. The van der Waals surface area contributed by atoms with Gasteiger partial charge in [-0.15, -0.1) is 0 Å². The number of hydrogen-bond acceptors (Lipinski definition) is 7. The van der Waals surface area contributed by atoms with Crippen LogP contribution in [0, 0.1) is 5.82 Å². The Balaban J connectivity index is 1.32. The maximum Gasteiger partial charge on any atom is 0.323 e. The van der Waals surface area contributed by atoms with Crippen LogP contribution in [0.4, 0.5) is 26.4 Å². The maximum absolute atomic E-state index is 15.0. The highest BCUT2D eigenvalue weighted by Crippen LogP contribution is 2.32. The molecule has 0 saturated carbocycles. The Morgan fingerprint density at radius 3 is 2.47 bits per heavy atom. The van der Waals surface area contributed by atoms with Gasteiger partial charge in [0.05, 0.1) is 23.2 Å². The highest BCUT2D eigenvalue weighted by molar-refractivity contribution is 7.92. The molecule has 0 saturated heterocycles. The van der Waals surface area contributed by atoms with E-state index in [-0.39, 0.29) is 28.5 Å². The number of rotatable bonds is 7. The van der Waals surface area contributed by atoms with Crippen molar-refractivity contribution in [1.82, 2.24) is 19.7 Å². The van der Waals surface area contributed by atoms with Crippen LogP contribution in [-0.4, -0.2) is 54.0 Å². The molecule has 226 valence electrons. The molecule has 0 bridgehead atoms. The van der Waals surface area contributed by atoms with Crippen molar-refractivity contribution in [3.05, 3.63) is 77.9 Å². The minimum atomic E-state index is -3.52. The van der Waals surface area contributed by atoms with E-state index in [9.17, 15) is 17.6 Å². The zero-order valence-corrected chi connectivity index (χ0v) is 25.4. The van der Waals surface area contributed by atoms with Crippen molar-refractivity contribution in [2.75, 3.05) is 35.2 Å². The average Bonchev–Trinajstić information content (AvgIpc) is 3.33. The molecule has 1 aliphatic rings. The first-order chi connectivity index (χ1) is 20.2. The topological polar surface area (TPSA) is 130 Å². The molecule has 0 radical (unpaired) electrons. The molecule has 0 spiro atoms. The predicted molar refractivity (Wildman–Crippen MR) is 165 cm³/mol.